The largest absolute Gasteiger partial charge is 0.326 e. The minimum absolute atomic E-state index is 0.0868. The summed E-state index contributed by atoms with van der Waals surface area (Å²) in [6.45, 7) is 8.13. The number of carbonyl (C=O) groups excluding carboxylic acids is 1. The van der Waals surface area contributed by atoms with E-state index in [1.807, 2.05) is 64.1 Å². The van der Waals surface area contributed by atoms with Crippen LogP contribution in [0.5, 0.6) is 0 Å². The summed E-state index contributed by atoms with van der Waals surface area (Å²) in [7, 11) is -3.59. The minimum Gasteiger partial charge on any atom is -0.326 e. The van der Waals surface area contributed by atoms with Crippen LogP contribution in [0.15, 0.2) is 41.3 Å². The third kappa shape index (κ3) is 4.84. The van der Waals surface area contributed by atoms with Crippen LogP contribution in [0.2, 0.25) is 0 Å². The van der Waals surface area contributed by atoms with E-state index in [9.17, 15) is 13.2 Å². The molecule has 33 heavy (non-hydrogen) atoms. The molecule has 0 radical (unpaired) electrons. The van der Waals surface area contributed by atoms with Crippen molar-refractivity contribution in [3.63, 3.8) is 0 Å². The molecule has 1 fully saturated rings. The Morgan fingerprint density at radius 2 is 1.64 bits per heavy atom. The number of sulfonamides is 1. The van der Waals surface area contributed by atoms with E-state index < -0.39 is 10.0 Å². The van der Waals surface area contributed by atoms with Crippen LogP contribution in [0.25, 0.3) is 11.4 Å². The highest BCUT2D eigenvalue weighted by Gasteiger charge is 2.33. The monoisotopic (exact) mass is 467 g/mol. The van der Waals surface area contributed by atoms with Crippen molar-refractivity contribution >= 4 is 21.6 Å². The van der Waals surface area contributed by atoms with Crippen molar-refractivity contribution in [3.05, 3.63) is 58.9 Å². The Labute approximate surface area is 194 Å². The molecule has 0 bridgehead atoms. The molecular formula is C24H29N5O3S. The number of H-pyrrole nitrogens is 1. The highest BCUT2D eigenvalue weighted by molar-refractivity contribution is 7.89. The van der Waals surface area contributed by atoms with E-state index >= 15 is 0 Å². The molecule has 8 nitrogen and oxygen atoms in total. The lowest BCUT2D eigenvalue weighted by Gasteiger charge is -2.31. The van der Waals surface area contributed by atoms with Crippen molar-refractivity contribution in [1.29, 1.82) is 0 Å². The first-order valence-electron chi connectivity index (χ1n) is 11.0. The molecule has 0 saturated carbocycles. The third-order valence-electron chi connectivity index (χ3n) is 6.04. The Hall–Kier alpha value is -3.04. The van der Waals surface area contributed by atoms with Crippen molar-refractivity contribution in [2.75, 3.05) is 18.4 Å². The van der Waals surface area contributed by atoms with Gasteiger partial charge in [-0.1, -0.05) is 17.7 Å². The van der Waals surface area contributed by atoms with Crippen LogP contribution in [-0.2, 0) is 14.8 Å². The van der Waals surface area contributed by atoms with Crippen LogP contribution >= 0.6 is 0 Å². The number of aromatic nitrogens is 3. The standard InChI is InChI=1S/C24H29N5O3S/c1-15-13-16(2)22(17(3)14-15)33(31,32)29-11-9-20(10-12-29)24(30)26-21-7-5-19(6-8-21)23-25-18(4)27-28-23/h5-8,13-14,20H,9-12H2,1-4H3,(H,26,30)(H,25,27,28). The summed E-state index contributed by atoms with van der Waals surface area (Å²) in [6, 6.07) is 11.2. The number of rotatable bonds is 5. The fourth-order valence-electron chi connectivity index (χ4n) is 4.48. The maximum absolute atomic E-state index is 13.3. The molecule has 1 saturated heterocycles. The number of hydrogen-bond donors (Lipinski definition) is 2. The van der Waals surface area contributed by atoms with Gasteiger partial charge in [-0.25, -0.2) is 13.4 Å². The summed E-state index contributed by atoms with van der Waals surface area (Å²) in [6.07, 6.45) is 0.979. The summed E-state index contributed by atoms with van der Waals surface area (Å²) < 4.78 is 28.1. The molecule has 2 aromatic carbocycles. The van der Waals surface area contributed by atoms with Gasteiger partial charge in [0.2, 0.25) is 15.9 Å². The zero-order valence-corrected chi connectivity index (χ0v) is 20.2. The van der Waals surface area contributed by atoms with E-state index in [-0.39, 0.29) is 11.8 Å². The van der Waals surface area contributed by atoms with Crippen molar-refractivity contribution in [3.8, 4) is 11.4 Å². The third-order valence-corrected chi connectivity index (χ3v) is 8.24. The molecule has 1 aliphatic rings. The summed E-state index contributed by atoms with van der Waals surface area (Å²) in [4.78, 5) is 17.5. The van der Waals surface area contributed by atoms with Gasteiger partial charge < -0.3 is 5.32 Å². The van der Waals surface area contributed by atoms with Gasteiger partial charge in [0.1, 0.15) is 5.82 Å². The minimum atomic E-state index is -3.59. The van der Waals surface area contributed by atoms with Gasteiger partial charge in [-0.3, -0.25) is 9.89 Å². The Morgan fingerprint density at radius 1 is 1.03 bits per heavy atom. The average Bonchev–Trinajstić information content (AvgIpc) is 3.19. The van der Waals surface area contributed by atoms with E-state index in [1.54, 1.807) is 0 Å². The number of amides is 1. The number of hydrogen-bond acceptors (Lipinski definition) is 5. The molecule has 4 rings (SSSR count). The predicted octanol–water partition coefficient (Wildman–Crippen LogP) is 3.74. The first-order valence-corrected chi connectivity index (χ1v) is 12.5. The number of nitrogens with zero attached hydrogens (tertiary/aromatic N) is 3. The van der Waals surface area contributed by atoms with E-state index in [2.05, 4.69) is 20.5 Å². The molecule has 0 spiro atoms. The van der Waals surface area contributed by atoms with E-state index in [4.69, 9.17) is 0 Å². The van der Waals surface area contributed by atoms with Crippen LogP contribution < -0.4 is 5.32 Å². The van der Waals surface area contributed by atoms with Gasteiger partial charge >= 0.3 is 0 Å². The summed E-state index contributed by atoms with van der Waals surface area (Å²) in [5, 5.41) is 9.90. The fraction of sp³-hybridized carbons (Fsp3) is 0.375. The van der Waals surface area contributed by atoms with Crippen molar-refractivity contribution in [2.45, 2.75) is 45.4 Å². The maximum atomic E-state index is 13.3. The second-order valence-corrected chi connectivity index (χ2v) is 10.6. The molecule has 2 heterocycles. The Balaban J connectivity index is 1.38. The molecular weight excluding hydrogens is 438 g/mol. The molecule has 9 heteroatoms. The van der Waals surface area contributed by atoms with Crippen LogP contribution in [-0.4, -0.2) is 46.9 Å². The van der Waals surface area contributed by atoms with Crippen molar-refractivity contribution < 1.29 is 13.2 Å². The van der Waals surface area contributed by atoms with E-state index in [0.29, 0.717) is 42.3 Å². The Bertz CT molecular complexity index is 1250. The number of aromatic amines is 1. The first-order chi connectivity index (χ1) is 15.6. The molecule has 3 aromatic rings. The highest BCUT2D eigenvalue weighted by atomic mass is 32.2. The zero-order valence-electron chi connectivity index (χ0n) is 19.3. The Kier molecular flexibility index (Phi) is 6.36. The topological polar surface area (TPSA) is 108 Å². The highest BCUT2D eigenvalue weighted by Crippen LogP contribution is 2.29. The SMILES string of the molecule is Cc1cc(C)c(S(=O)(=O)N2CCC(C(=O)Nc3ccc(-c4n[nH]c(C)n4)cc3)CC2)c(C)c1. The second kappa shape index (κ2) is 9.07. The van der Waals surface area contributed by atoms with E-state index in [1.165, 1.54) is 4.31 Å². The zero-order chi connectivity index (χ0) is 23.8. The summed E-state index contributed by atoms with van der Waals surface area (Å²) in [5.74, 6) is 1.03. The molecule has 2 N–H and O–H groups in total. The lowest BCUT2D eigenvalue weighted by atomic mass is 9.97. The van der Waals surface area contributed by atoms with Crippen LogP contribution in [0, 0.1) is 33.6 Å². The summed E-state index contributed by atoms with van der Waals surface area (Å²) >= 11 is 0. The number of nitrogens with one attached hydrogen (secondary N) is 2. The lowest BCUT2D eigenvalue weighted by molar-refractivity contribution is -0.120. The van der Waals surface area contributed by atoms with Gasteiger partial charge in [-0.15, -0.1) is 0 Å². The smallest absolute Gasteiger partial charge is 0.243 e. The van der Waals surface area contributed by atoms with Gasteiger partial charge in [-0.2, -0.15) is 9.40 Å². The maximum Gasteiger partial charge on any atom is 0.243 e. The van der Waals surface area contributed by atoms with E-state index in [0.717, 1.165) is 28.1 Å². The van der Waals surface area contributed by atoms with Crippen LogP contribution in [0.3, 0.4) is 0 Å². The van der Waals surface area contributed by atoms with Gasteiger partial charge in [0.15, 0.2) is 5.82 Å². The number of aryl methyl sites for hydroxylation is 4. The van der Waals surface area contributed by atoms with Gasteiger partial charge in [0, 0.05) is 30.3 Å². The molecule has 1 aliphatic heterocycles. The van der Waals surface area contributed by atoms with Crippen molar-refractivity contribution in [1.82, 2.24) is 19.5 Å². The predicted molar refractivity (Wildman–Crippen MR) is 127 cm³/mol. The van der Waals surface area contributed by atoms with Gasteiger partial charge in [-0.05, 0) is 75.9 Å². The molecule has 1 aromatic heterocycles. The van der Waals surface area contributed by atoms with Crippen molar-refractivity contribution in [2.24, 2.45) is 5.92 Å². The lowest BCUT2D eigenvalue weighted by Crippen LogP contribution is -2.41. The molecule has 0 aliphatic carbocycles. The number of carbonyl (C=O) groups is 1. The quantitative estimate of drug-likeness (QED) is 0.594. The molecule has 174 valence electrons. The fourth-order valence-corrected chi connectivity index (χ4v) is 6.36. The number of anilines is 1. The van der Waals surface area contributed by atoms with Gasteiger partial charge in [0.25, 0.3) is 0 Å². The normalized spacial score (nSPS) is 15.5. The first kappa shape index (κ1) is 23.1. The summed E-state index contributed by atoms with van der Waals surface area (Å²) in [5.41, 5.74) is 4.12. The Morgan fingerprint density at radius 3 is 2.18 bits per heavy atom. The van der Waals surface area contributed by atoms with Gasteiger partial charge in [0.05, 0.1) is 4.90 Å². The average molecular weight is 468 g/mol. The van der Waals surface area contributed by atoms with Crippen LogP contribution in [0.4, 0.5) is 5.69 Å². The second-order valence-electron chi connectivity index (χ2n) is 8.72. The number of piperidine rings is 1. The molecule has 0 unspecified atom stereocenters. The molecule has 0 atom stereocenters. The molecule has 1 amide bonds. The van der Waals surface area contributed by atoms with Crippen LogP contribution in [0.1, 0.15) is 35.4 Å². The number of benzene rings is 2.